The molecule has 0 fully saturated rings. The van der Waals surface area contributed by atoms with Gasteiger partial charge < -0.3 is 14.7 Å². The first kappa shape index (κ1) is 24.2. The second-order valence-electron chi connectivity index (χ2n) is 8.11. The first-order chi connectivity index (χ1) is 16.7. The first-order valence-corrected chi connectivity index (χ1v) is 12.5. The highest BCUT2D eigenvalue weighted by Crippen LogP contribution is 2.41. The summed E-state index contributed by atoms with van der Waals surface area (Å²) >= 11 is 0. The lowest BCUT2D eigenvalue weighted by molar-refractivity contribution is -0.129. The molecular formula is C25H26N4O5S. The number of rotatable bonds is 8. The van der Waals surface area contributed by atoms with Crippen LogP contribution in [0.2, 0.25) is 0 Å². The van der Waals surface area contributed by atoms with Crippen LogP contribution in [0.1, 0.15) is 24.5 Å². The smallest absolute Gasteiger partial charge is 0.309 e. The van der Waals surface area contributed by atoms with Crippen molar-refractivity contribution in [3.8, 4) is 22.6 Å². The number of nitrogens with two attached hydrogens (primary N) is 1. The number of pyridine rings is 1. The monoisotopic (exact) mass is 494 g/mol. The molecule has 4 rings (SSSR count). The Hall–Kier alpha value is -3.92. The molecule has 1 unspecified atom stereocenters. The Morgan fingerprint density at radius 2 is 1.71 bits per heavy atom. The number of methoxy groups -OCH3 is 1. The van der Waals surface area contributed by atoms with Crippen molar-refractivity contribution in [1.29, 1.82) is 0 Å². The molecule has 0 saturated heterocycles. The highest BCUT2D eigenvalue weighted by Gasteiger charge is 2.49. The molecule has 2 N–H and O–H groups in total. The maximum absolute atomic E-state index is 13.6. The van der Waals surface area contributed by atoms with Crippen LogP contribution in [-0.2, 0) is 20.5 Å². The molecule has 1 aromatic heterocycles. The normalized spacial score (nSPS) is 17.9. The predicted octanol–water partition coefficient (Wildman–Crippen LogP) is 2.91. The number of carbonyl (C=O) groups is 1. The molecule has 0 radical (unpaired) electrons. The summed E-state index contributed by atoms with van der Waals surface area (Å²) in [5.41, 5.74) is 7.14. The second kappa shape index (κ2) is 9.38. The van der Waals surface area contributed by atoms with E-state index in [1.807, 2.05) is 24.3 Å². The summed E-state index contributed by atoms with van der Waals surface area (Å²) in [4.78, 5) is 23.7. The van der Waals surface area contributed by atoms with E-state index in [0.717, 1.165) is 11.1 Å². The summed E-state index contributed by atoms with van der Waals surface area (Å²) in [5, 5.41) is 0. The Kier molecular flexibility index (Phi) is 6.49. The van der Waals surface area contributed by atoms with E-state index < -0.39 is 15.7 Å². The lowest BCUT2D eigenvalue weighted by Crippen LogP contribution is -2.41. The van der Waals surface area contributed by atoms with Crippen molar-refractivity contribution in [3.05, 3.63) is 78.1 Å². The van der Waals surface area contributed by atoms with Crippen molar-refractivity contribution in [2.75, 3.05) is 19.9 Å². The molecule has 9 nitrogen and oxygen atoms in total. The zero-order valence-electron chi connectivity index (χ0n) is 19.6. The van der Waals surface area contributed by atoms with Gasteiger partial charge in [0.2, 0.25) is 0 Å². The van der Waals surface area contributed by atoms with Gasteiger partial charge in [0, 0.05) is 18.8 Å². The van der Waals surface area contributed by atoms with E-state index in [9.17, 15) is 13.2 Å². The Labute approximate surface area is 204 Å². The van der Waals surface area contributed by atoms with Crippen LogP contribution in [0, 0.1) is 0 Å². The standard InChI is InChI=1S/C25H26N4O5S/c1-4-11-35(31,32)34-21-10-6-9-20(14-21)25(23(30)29(2)24(26)28-25)19-8-5-7-17(12-19)18-13-22(33-3)16-27-15-18/h5-10,12-16H,4,11H2,1-3H3,(H2,26,28). The van der Waals surface area contributed by atoms with Crippen LogP contribution in [0.3, 0.4) is 0 Å². The van der Waals surface area contributed by atoms with Gasteiger partial charge in [0.05, 0.1) is 19.1 Å². The fraction of sp³-hybridized carbons (Fsp3) is 0.240. The fourth-order valence-electron chi connectivity index (χ4n) is 4.01. The van der Waals surface area contributed by atoms with E-state index in [2.05, 4.69) is 9.98 Å². The minimum atomic E-state index is -3.77. The molecular weight excluding hydrogens is 468 g/mol. The molecule has 0 bridgehead atoms. The van der Waals surface area contributed by atoms with Gasteiger partial charge in [-0.2, -0.15) is 8.42 Å². The van der Waals surface area contributed by atoms with Crippen LogP contribution in [-0.4, -0.2) is 50.1 Å². The predicted molar refractivity (Wildman–Crippen MR) is 133 cm³/mol. The van der Waals surface area contributed by atoms with Crippen molar-refractivity contribution in [3.63, 3.8) is 0 Å². The van der Waals surface area contributed by atoms with Crippen LogP contribution in [0.15, 0.2) is 72.0 Å². The molecule has 2 heterocycles. The molecule has 10 heteroatoms. The molecule has 1 amide bonds. The summed E-state index contributed by atoms with van der Waals surface area (Å²) < 4.78 is 35.0. The molecule has 182 valence electrons. The van der Waals surface area contributed by atoms with Crippen molar-refractivity contribution in [1.82, 2.24) is 9.88 Å². The summed E-state index contributed by atoms with van der Waals surface area (Å²) in [5.74, 6) is 0.253. The molecule has 0 saturated carbocycles. The highest BCUT2D eigenvalue weighted by molar-refractivity contribution is 7.87. The van der Waals surface area contributed by atoms with Gasteiger partial charge in [-0.15, -0.1) is 0 Å². The summed E-state index contributed by atoms with van der Waals surface area (Å²) in [6.45, 7) is 1.75. The maximum Gasteiger partial charge on any atom is 0.309 e. The van der Waals surface area contributed by atoms with Gasteiger partial charge in [0.1, 0.15) is 11.5 Å². The molecule has 1 aliphatic rings. The number of amides is 1. The topological polar surface area (TPSA) is 124 Å². The largest absolute Gasteiger partial charge is 0.495 e. The van der Waals surface area contributed by atoms with Gasteiger partial charge in [-0.3, -0.25) is 14.7 Å². The summed E-state index contributed by atoms with van der Waals surface area (Å²) in [6.07, 6.45) is 3.72. The third-order valence-corrected chi connectivity index (χ3v) is 7.09. The average Bonchev–Trinajstić information content (AvgIpc) is 3.08. The number of guanidine groups is 1. The Balaban J connectivity index is 1.86. The second-order valence-corrected chi connectivity index (χ2v) is 9.80. The third kappa shape index (κ3) is 4.57. The zero-order chi connectivity index (χ0) is 25.2. The Morgan fingerprint density at radius 3 is 2.37 bits per heavy atom. The number of benzene rings is 2. The van der Waals surface area contributed by atoms with E-state index in [0.29, 0.717) is 23.3 Å². The number of hydrogen-bond acceptors (Lipinski definition) is 8. The average molecular weight is 495 g/mol. The quantitative estimate of drug-likeness (QED) is 0.478. The number of aliphatic imine (C=N–C) groups is 1. The van der Waals surface area contributed by atoms with Crippen LogP contribution in [0.25, 0.3) is 11.1 Å². The molecule has 2 aromatic carbocycles. The minimum absolute atomic E-state index is 0.0494. The van der Waals surface area contributed by atoms with Gasteiger partial charge in [-0.25, -0.2) is 4.99 Å². The third-order valence-electron chi connectivity index (χ3n) is 5.73. The van der Waals surface area contributed by atoms with Crippen LogP contribution in [0.5, 0.6) is 11.5 Å². The molecule has 0 spiro atoms. The van der Waals surface area contributed by atoms with Crippen molar-refractivity contribution < 1.29 is 22.1 Å². The van der Waals surface area contributed by atoms with Crippen LogP contribution in [0.4, 0.5) is 0 Å². The Morgan fingerprint density at radius 1 is 1.00 bits per heavy atom. The molecule has 1 atom stereocenters. The maximum atomic E-state index is 13.6. The lowest BCUT2D eigenvalue weighted by atomic mass is 9.81. The number of hydrogen-bond donors (Lipinski definition) is 1. The summed E-state index contributed by atoms with van der Waals surface area (Å²) in [7, 11) is -0.660. The number of aromatic nitrogens is 1. The highest BCUT2D eigenvalue weighted by atomic mass is 32.2. The first-order valence-electron chi connectivity index (χ1n) is 11.0. The number of likely N-dealkylation sites (N-methyl/N-ethyl adjacent to an activating group) is 1. The Bertz CT molecular complexity index is 1410. The van der Waals surface area contributed by atoms with E-state index in [4.69, 9.17) is 14.7 Å². The van der Waals surface area contributed by atoms with E-state index in [1.54, 1.807) is 51.7 Å². The van der Waals surface area contributed by atoms with Crippen molar-refractivity contribution in [2.24, 2.45) is 10.7 Å². The summed E-state index contributed by atoms with van der Waals surface area (Å²) in [6, 6.07) is 15.5. The number of ether oxygens (including phenoxy) is 1. The van der Waals surface area contributed by atoms with E-state index in [-0.39, 0.29) is 23.4 Å². The van der Waals surface area contributed by atoms with Gasteiger partial charge in [0.15, 0.2) is 11.5 Å². The van der Waals surface area contributed by atoms with Gasteiger partial charge in [-0.1, -0.05) is 37.3 Å². The van der Waals surface area contributed by atoms with Gasteiger partial charge in [0.25, 0.3) is 5.91 Å². The van der Waals surface area contributed by atoms with Gasteiger partial charge >= 0.3 is 10.1 Å². The SMILES string of the molecule is CCCS(=O)(=O)Oc1cccc(C2(c3cccc(-c4cncc(OC)c4)c3)N=C(N)N(C)C2=O)c1. The van der Waals surface area contributed by atoms with Crippen LogP contribution >= 0.6 is 0 Å². The molecule has 1 aliphatic heterocycles. The van der Waals surface area contributed by atoms with E-state index in [1.165, 1.54) is 17.0 Å². The van der Waals surface area contributed by atoms with Crippen molar-refractivity contribution in [2.45, 2.75) is 18.9 Å². The van der Waals surface area contributed by atoms with Crippen LogP contribution < -0.4 is 14.7 Å². The lowest BCUT2D eigenvalue weighted by Gasteiger charge is -2.27. The molecule has 35 heavy (non-hydrogen) atoms. The minimum Gasteiger partial charge on any atom is -0.495 e. The zero-order valence-corrected chi connectivity index (χ0v) is 20.5. The molecule has 3 aromatic rings. The van der Waals surface area contributed by atoms with Gasteiger partial charge in [-0.05, 0) is 47.4 Å². The number of nitrogens with zero attached hydrogens (tertiary/aromatic N) is 3. The molecule has 0 aliphatic carbocycles. The fourth-order valence-corrected chi connectivity index (χ4v) is 4.99. The van der Waals surface area contributed by atoms with E-state index >= 15 is 0 Å². The number of carbonyl (C=O) groups excluding carboxylic acids is 1. The van der Waals surface area contributed by atoms with Crippen molar-refractivity contribution >= 4 is 22.0 Å².